The summed E-state index contributed by atoms with van der Waals surface area (Å²) in [5, 5.41) is 13.5. The molecule has 0 spiro atoms. The molecule has 0 heterocycles. The van der Waals surface area contributed by atoms with Crippen LogP contribution >= 0.6 is 38.5 Å². The third-order valence-electron chi connectivity index (χ3n) is 3.61. The first kappa shape index (κ1) is 16.8. The minimum absolute atomic E-state index is 0.0235. The quantitative estimate of drug-likeness (QED) is 0.521. The second-order valence-corrected chi connectivity index (χ2v) is 6.49. The second kappa shape index (κ2) is 7.47. The number of carbonyl (C=O) groups is 1. The average molecular weight is 440 g/mol. The minimum atomic E-state index is -0.219. The molecule has 0 fully saturated rings. The van der Waals surface area contributed by atoms with E-state index in [2.05, 4.69) is 57.7 Å². The van der Waals surface area contributed by atoms with Crippen molar-refractivity contribution in [2.45, 2.75) is 26.7 Å². The largest absolute Gasteiger partial charge is 0.507 e. The predicted octanol–water partition coefficient (Wildman–Crippen LogP) is 3.93. The van der Waals surface area contributed by atoms with Crippen molar-refractivity contribution in [3.05, 3.63) is 27.3 Å². The highest BCUT2D eigenvalue weighted by molar-refractivity contribution is 14.1. The van der Waals surface area contributed by atoms with Crippen LogP contribution in [-0.4, -0.2) is 22.9 Å². The van der Waals surface area contributed by atoms with E-state index in [1.54, 1.807) is 18.2 Å². The third-order valence-corrected chi connectivity index (χ3v) is 5.47. The van der Waals surface area contributed by atoms with Gasteiger partial charge in [0.2, 0.25) is 0 Å². The van der Waals surface area contributed by atoms with Crippen LogP contribution in [0.2, 0.25) is 0 Å². The molecular formula is C14H19BrINO2. The van der Waals surface area contributed by atoms with Gasteiger partial charge in [-0.3, -0.25) is 4.79 Å². The van der Waals surface area contributed by atoms with Crippen molar-refractivity contribution in [1.29, 1.82) is 0 Å². The molecule has 0 aliphatic carbocycles. The van der Waals surface area contributed by atoms with Crippen molar-refractivity contribution in [3.8, 4) is 5.75 Å². The number of amides is 1. The number of hydrogen-bond donors (Lipinski definition) is 2. The van der Waals surface area contributed by atoms with E-state index in [9.17, 15) is 9.90 Å². The van der Waals surface area contributed by atoms with E-state index in [-0.39, 0.29) is 17.1 Å². The molecule has 3 nitrogen and oxygen atoms in total. The van der Waals surface area contributed by atoms with E-state index < -0.39 is 0 Å². The zero-order valence-electron chi connectivity index (χ0n) is 11.2. The number of halogens is 2. The molecule has 0 aromatic heterocycles. The van der Waals surface area contributed by atoms with Crippen LogP contribution in [0.1, 0.15) is 37.0 Å². The summed E-state index contributed by atoms with van der Waals surface area (Å²) >= 11 is 5.65. The number of phenolic OH excluding ortho intramolecular Hbond substituents is 1. The molecule has 1 aromatic carbocycles. The van der Waals surface area contributed by atoms with Crippen LogP contribution in [0.15, 0.2) is 18.2 Å². The van der Waals surface area contributed by atoms with Crippen LogP contribution in [0, 0.1) is 8.99 Å². The van der Waals surface area contributed by atoms with Gasteiger partial charge >= 0.3 is 0 Å². The van der Waals surface area contributed by atoms with E-state index in [0.717, 1.165) is 21.7 Å². The lowest BCUT2D eigenvalue weighted by Crippen LogP contribution is -2.38. The first-order chi connectivity index (χ1) is 8.98. The summed E-state index contributed by atoms with van der Waals surface area (Å²) in [6.45, 7) is 4.86. The molecule has 1 amide bonds. The summed E-state index contributed by atoms with van der Waals surface area (Å²) in [7, 11) is 0. The number of aromatic hydroxyl groups is 1. The van der Waals surface area contributed by atoms with Gasteiger partial charge in [-0.05, 0) is 59.0 Å². The Labute approximate surface area is 136 Å². The van der Waals surface area contributed by atoms with E-state index in [1.807, 2.05) is 0 Å². The molecule has 106 valence electrons. The van der Waals surface area contributed by atoms with Gasteiger partial charge < -0.3 is 10.4 Å². The van der Waals surface area contributed by atoms with Gasteiger partial charge in [-0.15, -0.1) is 0 Å². The molecule has 0 saturated heterocycles. The Morgan fingerprint density at radius 3 is 2.58 bits per heavy atom. The maximum atomic E-state index is 12.1. The Hall–Kier alpha value is -0.300. The number of nitrogens with one attached hydrogen (secondary N) is 1. The van der Waals surface area contributed by atoms with Gasteiger partial charge in [0, 0.05) is 15.4 Å². The van der Waals surface area contributed by atoms with Crippen molar-refractivity contribution < 1.29 is 9.90 Å². The Balaban J connectivity index is 2.77. The van der Waals surface area contributed by atoms with Crippen LogP contribution in [0.25, 0.3) is 0 Å². The molecule has 5 heteroatoms. The maximum Gasteiger partial charge on any atom is 0.255 e. The fraction of sp³-hybridized carbons (Fsp3) is 0.500. The van der Waals surface area contributed by atoms with Crippen molar-refractivity contribution in [1.82, 2.24) is 5.32 Å². The van der Waals surface area contributed by atoms with E-state index in [1.165, 1.54) is 0 Å². The highest BCUT2D eigenvalue weighted by Gasteiger charge is 2.26. The topological polar surface area (TPSA) is 49.3 Å². The molecule has 0 aliphatic heterocycles. The van der Waals surface area contributed by atoms with Gasteiger partial charge in [0.25, 0.3) is 5.91 Å². The normalized spacial score (nSPS) is 11.4. The molecule has 0 bridgehead atoms. The molecule has 0 atom stereocenters. The number of alkyl halides is 1. The summed E-state index contributed by atoms with van der Waals surface area (Å²) in [6, 6.07) is 5.01. The number of rotatable bonds is 6. The average Bonchev–Trinajstić information content (AvgIpc) is 2.43. The molecule has 0 unspecified atom stereocenters. The Kier molecular flexibility index (Phi) is 6.59. The third kappa shape index (κ3) is 4.34. The van der Waals surface area contributed by atoms with Gasteiger partial charge in [-0.1, -0.05) is 29.8 Å². The standard InChI is InChI=1S/C14H19BrINO2/c1-3-14(4-2,8-15)9-17-13(19)11-7-10(16)5-6-12(11)18/h5-7,18H,3-4,8-9H2,1-2H3,(H,17,19). The van der Waals surface area contributed by atoms with Crippen LogP contribution in [0.3, 0.4) is 0 Å². The molecule has 19 heavy (non-hydrogen) atoms. The summed E-state index contributed by atoms with van der Waals surface area (Å²) in [5.74, 6) is -0.196. The Morgan fingerprint density at radius 2 is 2.05 bits per heavy atom. The zero-order valence-corrected chi connectivity index (χ0v) is 14.9. The molecule has 2 N–H and O–H groups in total. The van der Waals surface area contributed by atoms with Crippen LogP contribution in [-0.2, 0) is 0 Å². The number of benzene rings is 1. The molecular weight excluding hydrogens is 421 g/mol. The Bertz CT molecular complexity index is 439. The molecule has 1 aromatic rings. The van der Waals surface area contributed by atoms with Gasteiger partial charge in [0.05, 0.1) is 5.56 Å². The van der Waals surface area contributed by atoms with Crippen molar-refractivity contribution in [2.75, 3.05) is 11.9 Å². The number of phenols is 1. The van der Waals surface area contributed by atoms with Crippen LogP contribution in [0.5, 0.6) is 5.75 Å². The smallest absolute Gasteiger partial charge is 0.255 e. The summed E-state index contributed by atoms with van der Waals surface area (Å²) in [4.78, 5) is 12.1. The van der Waals surface area contributed by atoms with Gasteiger partial charge in [-0.2, -0.15) is 0 Å². The highest BCUT2D eigenvalue weighted by atomic mass is 127. The van der Waals surface area contributed by atoms with Gasteiger partial charge in [0.15, 0.2) is 0 Å². The lowest BCUT2D eigenvalue weighted by molar-refractivity contribution is 0.0929. The molecule has 0 aliphatic rings. The van der Waals surface area contributed by atoms with Gasteiger partial charge in [-0.25, -0.2) is 0 Å². The zero-order chi connectivity index (χ0) is 14.5. The minimum Gasteiger partial charge on any atom is -0.507 e. The van der Waals surface area contributed by atoms with Crippen LogP contribution < -0.4 is 5.32 Å². The fourth-order valence-electron chi connectivity index (χ4n) is 1.79. The van der Waals surface area contributed by atoms with Crippen molar-refractivity contribution in [2.24, 2.45) is 5.41 Å². The number of carbonyl (C=O) groups excluding carboxylic acids is 1. The molecule has 0 saturated carbocycles. The second-order valence-electron chi connectivity index (χ2n) is 4.68. The first-order valence-electron chi connectivity index (χ1n) is 6.30. The van der Waals surface area contributed by atoms with Crippen molar-refractivity contribution >= 4 is 44.4 Å². The first-order valence-corrected chi connectivity index (χ1v) is 8.50. The maximum absolute atomic E-state index is 12.1. The van der Waals surface area contributed by atoms with E-state index in [0.29, 0.717) is 12.1 Å². The fourth-order valence-corrected chi connectivity index (χ4v) is 3.27. The SMILES string of the molecule is CCC(CC)(CBr)CNC(=O)c1cc(I)ccc1O. The van der Waals surface area contributed by atoms with Crippen molar-refractivity contribution in [3.63, 3.8) is 0 Å². The predicted molar refractivity (Wildman–Crippen MR) is 90.0 cm³/mol. The monoisotopic (exact) mass is 439 g/mol. The Morgan fingerprint density at radius 1 is 1.42 bits per heavy atom. The summed E-state index contributed by atoms with van der Waals surface area (Å²) in [6.07, 6.45) is 1.99. The van der Waals surface area contributed by atoms with E-state index >= 15 is 0 Å². The molecule has 1 rings (SSSR count). The summed E-state index contributed by atoms with van der Waals surface area (Å²) in [5.41, 5.74) is 0.412. The molecule has 0 radical (unpaired) electrons. The summed E-state index contributed by atoms with van der Waals surface area (Å²) < 4.78 is 0.929. The lowest BCUT2D eigenvalue weighted by Gasteiger charge is -2.29. The highest BCUT2D eigenvalue weighted by Crippen LogP contribution is 2.28. The van der Waals surface area contributed by atoms with Gasteiger partial charge in [0.1, 0.15) is 5.75 Å². The van der Waals surface area contributed by atoms with Crippen LogP contribution in [0.4, 0.5) is 0 Å². The lowest BCUT2D eigenvalue weighted by atomic mass is 9.84. The number of hydrogen-bond acceptors (Lipinski definition) is 2. The van der Waals surface area contributed by atoms with E-state index in [4.69, 9.17) is 0 Å².